The molecule has 0 aliphatic heterocycles. The number of methoxy groups -OCH3 is 1. The van der Waals surface area contributed by atoms with Crippen molar-refractivity contribution in [2.24, 2.45) is 0 Å². The fourth-order valence-electron chi connectivity index (χ4n) is 1.01. The smallest absolute Gasteiger partial charge is 0.212 e. The van der Waals surface area contributed by atoms with E-state index < -0.39 is 15.6 Å². The number of hydrogen-bond acceptors (Lipinski definition) is 3. The summed E-state index contributed by atoms with van der Waals surface area (Å²) in [4.78, 5) is 0. The lowest BCUT2D eigenvalue weighted by molar-refractivity contribution is 0.199. The van der Waals surface area contributed by atoms with Crippen LogP contribution in [0.4, 0.5) is 0 Å². The molecule has 1 unspecified atom stereocenters. The predicted octanol–water partition coefficient (Wildman–Crippen LogP) is 1.51. The number of nitrogens with one attached hydrogen (secondary N) is 1. The molecule has 1 atom stereocenters. The maximum Gasteiger partial charge on any atom is 0.212 e. The molecule has 0 aliphatic carbocycles. The summed E-state index contributed by atoms with van der Waals surface area (Å²) < 4.78 is 30.8. The van der Waals surface area contributed by atoms with Crippen molar-refractivity contribution >= 4 is 26.0 Å². The maximum atomic E-state index is 11.7. The zero-order valence-corrected chi connectivity index (χ0v) is 11.9. The van der Waals surface area contributed by atoms with Crippen LogP contribution in [0, 0.1) is 0 Å². The Balaban J connectivity index is 4.24. The van der Waals surface area contributed by atoms with Crippen LogP contribution in [0.15, 0.2) is 0 Å². The van der Waals surface area contributed by atoms with Gasteiger partial charge in [0, 0.05) is 24.6 Å². The van der Waals surface area contributed by atoms with Gasteiger partial charge in [0.1, 0.15) is 0 Å². The van der Waals surface area contributed by atoms with Crippen LogP contribution in [0.1, 0.15) is 26.7 Å². The monoisotopic (exact) mass is 301 g/mol. The molecule has 0 bridgehead atoms. The summed E-state index contributed by atoms with van der Waals surface area (Å²) in [6, 6.07) is 0. The van der Waals surface area contributed by atoms with Crippen molar-refractivity contribution in [1.82, 2.24) is 4.72 Å². The fraction of sp³-hybridized carbons (Fsp3) is 1.00. The number of ether oxygens (including phenoxy) is 1. The van der Waals surface area contributed by atoms with E-state index in [0.29, 0.717) is 18.4 Å². The van der Waals surface area contributed by atoms with E-state index in [0.717, 1.165) is 6.42 Å². The summed E-state index contributed by atoms with van der Waals surface area (Å²) in [5.41, 5.74) is -0.397. The number of alkyl halides is 1. The van der Waals surface area contributed by atoms with E-state index in [1.807, 2.05) is 13.8 Å². The average Bonchev–Trinajstić information content (AvgIpc) is 2.17. The second-order valence-electron chi connectivity index (χ2n) is 3.82. The summed E-state index contributed by atoms with van der Waals surface area (Å²) in [7, 11) is -1.63. The topological polar surface area (TPSA) is 55.4 Å². The van der Waals surface area contributed by atoms with Crippen molar-refractivity contribution in [1.29, 1.82) is 0 Å². The highest BCUT2D eigenvalue weighted by atomic mass is 79.9. The van der Waals surface area contributed by atoms with Gasteiger partial charge in [-0.2, -0.15) is 0 Å². The second kappa shape index (κ2) is 6.83. The third-order valence-corrected chi connectivity index (χ3v) is 5.11. The van der Waals surface area contributed by atoms with E-state index in [9.17, 15) is 8.42 Å². The van der Waals surface area contributed by atoms with E-state index in [1.165, 1.54) is 0 Å². The van der Waals surface area contributed by atoms with Crippen molar-refractivity contribution in [3.8, 4) is 0 Å². The van der Waals surface area contributed by atoms with E-state index in [-0.39, 0.29) is 5.75 Å². The van der Waals surface area contributed by atoms with Gasteiger partial charge in [0.15, 0.2) is 0 Å². The summed E-state index contributed by atoms with van der Waals surface area (Å²) >= 11 is 3.32. The van der Waals surface area contributed by atoms with Gasteiger partial charge in [-0.25, -0.2) is 13.1 Å². The zero-order valence-electron chi connectivity index (χ0n) is 9.55. The highest BCUT2D eigenvalue weighted by molar-refractivity contribution is 9.09. The van der Waals surface area contributed by atoms with Gasteiger partial charge in [0.25, 0.3) is 0 Å². The molecule has 0 spiro atoms. The van der Waals surface area contributed by atoms with Gasteiger partial charge in [-0.3, -0.25) is 0 Å². The number of sulfonamides is 1. The molecule has 0 amide bonds. The number of halogens is 1. The zero-order chi connectivity index (χ0) is 11.9. The van der Waals surface area contributed by atoms with Gasteiger partial charge < -0.3 is 4.74 Å². The predicted molar refractivity (Wildman–Crippen MR) is 65.9 cm³/mol. The molecule has 6 heteroatoms. The Morgan fingerprint density at radius 3 is 2.47 bits per heavy atom. The van der Waals surface area contributed by atoms with Crippen LogP contribution in [-0.2, 0) is 14.8 Å². The Bertz CT molecular complexity index is 263. The van der Waals surface area contributed by atoms with Gasteiger partial charge >= 0.3 is 0 Å². The SMILES string of the molecule is CCC(C)(CBr)NS(=O)(=O)CCCOC. The maximum absolute atomic E-state index is 11.7. The van der Waals surface area contributed by atoms with Gasteiger partial charge in [-0.05, 0) is 19.8 Å². The Labute approximate surface area is 101 Å². The van der Waals surface area contributed by atoms with E-state index in [2.05, 4.69) is 20.7 Å². The molecule has 0 aromatic carbocycles. The summed E-state index contributed by atoms with van der Waals surface area (Å²) in [5, 5.41) is 0.611. The molecule has 0 saturated heterocycles. The van der Waals surface area contributed by atoms with E-state index in [1.54, 1.807) is 7.11 Å². The minimum absolute atomic E-state index is 0.115. The van der Waals surface area contributed by atoms with Crippen molar-refractivity contribution < 1.29 is 13.2 Å². The summed E-state index contributed by atoms with van der Waals surface area (Å²) in [5.74, 6) is 0.115. The van der Waals surface area contributed by atoms with Crippen LogP contribution in [0.2, 0.25) is 0 Å². The molecule has 15 heavy (non-hydrogen) atoms. The lowest BCUT2D eigenvalue weighted by atomic mass is 10.0. The summed E-state index contributed by atoms with van der Waals surface area (Å²) in [6.07, 6.45) is 1.27. The fourth-order valence-corrected chi connectivity index (χ4v) is 3.30. The minimum Gasteiger partial charge on any atom is -0.385 e. The van der Waals surface area contributed by atoms with Gasteiger partial charge in [0.05, 0.1) is 5.75 Å². The Kier molecular flexibility index (Phi) is 6.99. The molecule has 4 nitrogen and oxygen atoms in total. The molecule has 0 aromatic rings. The van der Waals surface area contributed by atoms with E-state index in [4.69, 9.17) is 4.74 Å². The molecule has 1 N–H and O–H groups in total. The standard InChI is InChI=1S/C9H20BrNO3S/c1-4-9(2,8-10)11-15(12,13)7-5-6-14-3/h11H,4-8H2,1-3H3. The Hall–Kier alpha value is 0.350. The first kappa shape index (κ1) is 15.3. The molecular formula is C9H20BrNO3S. The normalized spacial score (nSPS) is 16.3. The van der Waals surface area contributed by atoms with Crippen molar-refractivity contribution in [2.45, 2.75) is 32.2 Å². The molecule has 0 radical (unpaired) electrons. The lowest BCUT2D eigenvalue weighted by Crippen LogP contribution is -2.47. The van der Waals surface area contributed by atoms with Gasteiger partial charge in [-0.15, -0.1) is 0 Å². The molecule has 0 saturated carbocycles. The van der Waals surface area contributed by atoms with Crippen molar-refractivity contribution in [3.63, 3.8) is 0 Å². The van der Waals surface area contributed by atoms with Crippen LogP contribution in [0.25, 0.3) is 0 Å². The highest BCUT2D eigenvalue weighted by Gasteiger charge is 2.26. The third-order valence-electron chi connectivity index (χ3n) is 2.24. The quantitative estimate of drug-likeness (QED) is 0.546. The molecule has 0 aromatic heterocycles. The van der Waals surface area contributed by atoms with Crippen LogP contribution in [0.3, 0.4) is 0 Å². The lowest BCUT2D eigenvalue weighted by Gasteiger charge is -2.26. The molecule has 0 heterocycles. The van der Waals surface area contributed by atoms with Crippen molar-refractivity contribution in [3.05, 3.63) is 0 Å². The molecule has 0 fully saturated rings. The molecule has 92 valence electrons. The van der Waals surface area contributed by atoms with Crippen LogP contribution in [0.5, 0.6) is 0 Å². The summed E-state index contributed by atoms with van der Waals surface area (Å²) in [6.45, 7) is 4.31. The minimum atomic E-state index is -3.20. The van der Waals surface area contributed by atoms with Gasteiger partial charge in [-0.1, -0.05) is 22.9 Å². The first-order valence-corrected chi connectivity index (χ1v) is 7.73. The van der Waals surface area contributed by atoms with Gasteiger partial charge in [0.2, 0.25) is 10.0 Å². The largest absolute Gasteiger partial charge is 0.385 e. The molecular weight excluding hydrogens is 282 g/mol. The van der Waals surface area contributed by atoms with Crippen LogP contribution in [-0.4, -0.2) is 38.8 Å². The average molecular weight is 302 g/mol. The van der Waals surface area contributed by atoms with Crippen LogP contribution >= 0.6 is 15.9 Å². The Morgan fingerprint density at radius 2 is 2.07 bits per heavy atom. The first-order chi connectivity index (χ1) is 6.89. The van der Waals surface area contributed by atoms with Crippen molar-refractivity contribution in [2.75, 3.05) is 24.8 Å². The third kappa shape index (κ3) is 6.50. The molecule has 0 rings (SSSR count). The Morgan fingerprint density at radius 1 is 1.47 bits per heavy atom. The van der Waals surface area contributed by atoms with Crippen LogP contribution < -0.4 is 4.72 Å². The first-order valence-electron chi connectivity index (χ1n) is 4.95. The molecule has 0 aliphatic rings. The second-order valence-corrected chi connectivity index (χ2v) is 6.22. The van der Waals surface area contributed by atoms with E-state index >= 15 is 0 Å². The number of hydrogen-bond donors (Lipinski definition) is 1. The highest BCUT2D eigenvalue weighted by Crippen LogP contribution is 2.14. The number of rotatable bonds is 8.